The van der Waals surface area contributed by atoms with Gasteiger partial charge in [-0.05, 0) is 52.3 Å². The lowest BCUT2D eigenvalue weighted by atomic mass is 10.1. The Bertz CT molecular complexity index is 807. The molecule has 28 heavy (non-hydrogen) atoms. The third-order valence-electron chi connectivity index (χ3n) is 3.78. The third-order valence-corrected chi connectivity index (χ3v) is 4.60. The van der Waals surface area contributed by atoms with Gasteiger partial charge in [0.05, 0.1) is 17.2 Å². The van der Waals surface area contributed by atoms with Crippen LogP contribution in [0.4, 0.5) is 0 Å². The van der Waals surface area contributed by atoms with Gasteiger partial charge in [0.15, 0.2) is 5.96 Å². The van der Waals surface area contributed by atoms with Crippen LogP contribution in [0.2, 0.25) is 0 Å². The van der Waals surface area contributed by atoms with Crippen LogP contribution in [0.1, 0.15) is 54.3 Å². The van der Waals surface area contributed by atoms with E-state index in [0.29, 0.717) is 12.1 Å². The lowest BCUT2D eigenvalue weighted by Crippen LogP contribution is -2.40. The van der Waals surface area contributed by atoms with Gasteiger partial charge in [-0.1, -0.05) is 12.1 Å². The van der Waals surface area contributed by atoms with Gasteiger partial charge in [0.25, 0.3) is 5.91 Å². The van der Waals surface area contributed by atoms with Crippen LogP contribution in [0.5, 0.6) is 0 Å². The number of nitrogens with one attached hydrogen (secondary N) is 3. The van der Waals surface area contributed by atoms with E-state index in [2.05, 4.69) is 31.3 Å². The molecule has 1 aromatic carbocycles. The van der Waals surface area contributed by atoms with Crippen LogP contribution >= 0.6 is 11.3 Å². The number of aliphatic imine (C=N–C) groups is 1. The summed E-state index contributed by atoms with van der Waals surface area (Å²) in [7, 11) is 0. The predicted molar refractivity (Wildman–Crippen MR) is 117 cm³/mol. The lowest BCUT2D eigenvalue weighted by molar-refractivity contribution is 0.0919. The zero-order valence-electron chi connectivity index (χ0n) is 17.4. The summed E-state index contributed by atoms with van der Waals surface area (Å²) >= 11 is 1.67. The van der Waals surface area contributed by atoms with E-state index in [9.17, 15) is 4.79 Å². The fraction of sp³-hybridized carbons (Fsp3) is 0.476. The summed E-state index contributed by atoms with van der Waals surface area (Å²) in [6.07, 6.45) is 0.858. The summed E-state index contributed by atoms with van der Waals surface area (Å²) in [6.45, 7) is 12.0. The van der Waals surface area contributed by atoms with Crippen molar-refractivity contribution >= 4 is 23.2 Å². The van der Waals surface area contributed by atoms with Crippen molar-refractivity contribution in [2.45, 2.75) is 53.1 Å². The maximum Gasteiger partial charge on any atom is 0.251 e. The molecule has 2 aromatic rings. The van der Waals surface area contributed by atoms with Gasteiger partial charge >= 0.3 is 0 Å². The van der Waals surface area contributed by atoms with Crippen LogP contribution in [0, 0.1) is 6.92 Å². The van der Waals surface area contributed by atoms with E-state index in [0.717, 1.165) is 41.7 Å². The Morgan fingerprint density at radius 2 is 2.04 bits per heavy atom. The number of amides is 1. The van der Waals surface area contributed by atoms with Crippen molar-refractivity contribution in [3.05, 3.63) is 51.5 Å². The number of benzene rings is 1. The van der Waals surface area contributed by atoms with E-state index < -0.39 is 0 Å². The van der Waals surface area contributed by atoms with Gasteiger partial charge in [-0.15, -0.1) is 11.3 Å². The Labute approximate surface area is 171 Å². The second kappa shape index (κ2) is 10.2. The van der Waals surface area contributed by atoms with Gasteiger partial charge in [0, 0.05) is 36.0 Å². The smallest absolute Gasteiger partial charge is 0.251 e. The molecule has 0 atom stereocenters. The van der Waals surface area contributed by atoms with Gasteiger partial charge in [0.1, 0.15) is 0 Å². The Morgan fingerprint density at radius 1 is 1.25 bits per heavy atom. The van der Waals surface area contributed by atoms with E-state index in [-0.39, 0.29) is 11.4 Å². The molecule has 1 amide bonds. The van der Waals surface area contributed by atoms with E-state index in [1.165, 1.54) is 0 Å². The molecule has 2 rings (SSSR count). The van der Waals surface area contributed by atoms with E-state index in [1.54, 1.807) is 11.3 Å². The predicted octanol–water partition coefficient (Wildman–Crippen LogP) is 3.28. The van der Waals surface area contributed by atoms with Crippen molar-refractivity contribution < 1.29 is 4.79 Å². The van der Waals surface area contributed by atoms with Crippen LogP contribution in [0.25, 0.3) is 0 Å². The van der Waals surface area contributed by atoms with Crippen LogP contribution in [0.3, 0.4) is 0 Å². The minimum absolute atomic E-state index is 0.0677. The molecule has 0 radical (unpaired) electrons. The molecule has 1 aromatic heterocycles. The van der Waals surface area contributed by atoms with Crippen molar-refractivity contribution in [3.63, 3.8) is 0 Å². The summed E-state index contributed by atoms with van der Waals surface area (Å²) in [6, 6.07) is 7.60. The Morgan fingerprint density at radius 3 is 2.68 bits per heavy atom. The van der Waals surface area contributed by atoms with Crippen LogP contribution < -0.4 is 16.0 Å². The zero-order chi connectivity index (χ0) is 20.6. The molecule has 0 unspecified atom stereocenters. The highest BCUT2D eigenvalue weighted by atomic mass is 32.1. The fourth-order valence-corrected chi connectivity index (χ4v) is 3.21. The molecule has 3 N–H and O–H groups in total. The van der Waals surface area contributed by atoms with E-state index in [4.69, 9.17) is 0 Å². The molecule has 6 nitrogen and oxygen atoms in total. The topological polar surface area (TPSA) is 78.4 Å². The first-order valence-electron chi connectivity index (χ1n) is 9.61. The average molecular weight is 402 g/mol. The largest absolute Gasteiger partial charge is 0.357 e. The minimum atomic E-state index is -0.261. The molecular formula is C21H31N5OS. The minimum Gasteiger partial charge on any atom is -0.357 e. The van der Waals surface area contributed by atoms with Gasteiger partial charge in [0.2, 0.25) is 0 Å². The van der Waals surface area contributed by atoms with Crippen molar-refractivity contribution in [1.29, 1.82) is 0 Å². The number of aryl methyl sites for hydroxylation is 1. The summed E-state index contributed by atoms with van der Waals surface area (Å²) in [5.41, 5.74) is 2.49. The summed E-state index contributed by atoms with van der Waals surface area (Å²) in [5, 5.41) is 12.8. The maximum absolute atomic E-state index is 12.4. The average Bonchev–Trinajstić information content (AvgIpc) is 3.03. The van der Waals surface area contributed by atoms with Crippen LogP contribution in [-0.4, -0.2) is 35.5 Å². The Kier molecular flexibility index (Phi) is 7.99. The van der Waals surface area contributed by atoms with Gasteiger partial charge < -0.3 is 16.0 Å². The first-order valence-corrected chi connectivity index (χ1v) is 10.5. The molecule has 0 aliphatic heterocycles. The summed E-state index contributed by atoms with van der Waals surface area (Å²) in [4.78, 5) is 21.5. The highest BCUT2D eigenvalue weighted by Crippen LogP contribution is 2.10. The molecule has 0 aliphatic carbocycles. The molecule has 0 bridgehead atoms. The lowest BCUT2D eigenvalue weighted by Gasteiger charge is -2.20. The third kappa shape index (κ3) is 7.68. The van der Waals surface area contributed by atoms with E-state index in [1.807, 2.05) is 58.9 Å². The quantitative estimate of drug-likeness (QED) is 0.491. The molecule has 0 saturated carbocycles. The number of nitrogens with zero attached hydrogens (tertiary/aromatic N) is 2. The zero-order valence-corrected chi connectivity index (χ0v) is 18.2. The molecule has 0 spiro atoms. The normalized spacial score (nSPS) is 12.0. The fourth-order valence-electron chi connectivity index (χ4n) is 2.57. The highest BCUT2D eigenvalue weighted by Gasteiger charge is 2.15. The monoisotopic (exact) mass is 401 g/mol. The first-order chi connectivity index (χ1) is 13.3. The summed E-state index contributed by atoms with van der Waals surface area (Å²) in [5.74, 6) is 0.695. The van der Waals surface area contributed by atoms with Gasteiger partial charge in [-0.3, -0.25) is 4.79 Å². The molecule has 0 saturated heterocycles. The number of carbonyl (C=O) groups is 1. The SMILES string of the molecule is CCNC(=NCc1cccc(C(=O)NC(C)(C)C)c1)NCCc1csc(C)n1. The van der Waals surface area contributed by atoms with Crippen molar-refractivity contribution in [2.75, 3.05) is 13.1 Å². The number of thiazole rings is 1. The van der Waals surface area contributed by atoms with Crippen LogP contribution in [0.15, 0.2) is 34.6 Å². The second-order valence-corrected chi connectivity index (χ2v) is 8.70. The number of hydrogen-bond donors (Lipinski definition) is 3. The summed E-state index contributed by atoms with van der Waals surface area (Å²) < 4.78 is 0. The number of aromatic nitrogens is 1. The van der Waals surface area contributed by atoms with Crippen molar-refractivity contribution in [3.8, 4) is 0 Å². The number of guanidine groups is 1. The molecule has 0 aliphatic rings. The van der Waals surface area contributed by atoms with Crippen molar-refractivity contribution in [2.24, 2.45) is 4.99 Å². The Hall–Kier alpha value is -2.41. The highest BCUT2D eigenvalue weighted by molar-refractivity contribution is 7.09. The number of rotatable bonds is 7. The number of hydrogen-bond acceptors (Lipinski definition) is 4. The molecule has 1 heterocycles. The maximum atomic E-state index is 12.4. The van der Waals surface area contributed by atoms with Gasteiger partial charge in [-0.2, -0.15) is 0 Å². The molecular weight excluding hydrogens is 370 g/mol. The van der Waals surface area contributed by atoms with Gasteiger partial charge in [-0.25, -0.2) is 9.98 Å². The standard InChI is InChI=1S/C21H31N5OS/c1-6-22-20(23-11-10-18-14-28-15(2)25-18)24-13-16-8-7-9-17(12-16)19(27)26-21(3,4)5/h7-9,12,14H,6,10-11,13H2,1-5H3,(H,26,27)(H2,22,23,24). The number of carbonyl (C=O) groups excluding carboxylic acids is 1. The Balaban J connectivity index is 1.95. The van der Waals surface area contributed by atoms with Crippen molar-refractivity contribution in [1.82, 2.24) is 20.9 Å². The molecule has 7 heteroatoms. The van der Waals surface area contributed by atoms with E-state index >= 15 is 0 Å². The molecule has 152 valence electrons. The van der Waals surface area contributed by atoms with Crippen LogP contribution in [-0.2, 0) is 13.0 Å². The second-order valence-electron chi connectivity index (χ2n) is 7.63. The molecule has 0 fully saturated rings. The first kappa shape index (κ1) is 21.9.